The van der Waals surface area contributed by atoms with Gasteiger partial charge in [-0.05, 0) is 44.0 Å². The lowest BCUT2D eigenvalue weighted by atomic mass is 9.99. The minimum Gasteiger partial charge on any atom is -0.451 e. The number of hydrogen-bond donors (Lipinski definition) is 0. The second kappa shape index (κ2) is 9.15. The van der Waals surface area contributed by atoms with Crippen LogP contribution in [0.25, 0.3) is 6.08 Å². The number of nitrogens with zero attached hydrogens (tertiary/aromatic N) is 2. The molecule has 1 aromatic heterocycles. The Labute approximate surface area is 170 Å². The predicted octanol–water partition coefficient (Wildman–Crippen LogP) is 4.38. The highest BCUT2D eigenvalue weighted by Crippen LogP contribution is 2.15. The highest BCUT2D eigenvalue weighted by Gasteiger charge is 2.20. The summed E-state index contributed by atoms with van der Waals surface area (Å²) in [5, 5.41) is 4.30. The van der Waals surface area contributed by atoms with Crippen LogP contribution in [-0.2, 0) is 16.1 Å². The van der Waals surface area contributed by atoms with Gasteiger partial charge in [0.05, 0.1) is 12.7 Å². The fourth-order valence-corrected chi connectivity index (χ4v) is 2.97. The van der Waals surface area contributed by atoms with Crippen LogP contribution in [0.2, 0.25) is 0 Å². The Morgan fingerprint density at radius 3 is 2.66 bits per heavy atom. The summed E-state index contributed by atoms with van der Waals surface area (Å²) < 4.78 is 7.08. The zero-order valence-electron chi connectivity index (χ0n) is 16.8. The Balaban J connectivity index is 1.58. The molecule has 29 heavy (non-hydrogen) atoms. The average molecular weight is 388 g/mol. The number of ether oxygens (including phenoxy) is 1. The zero-order chi connectivity index (χ0) is 20.8. The van der Waals surface area contributed by atoms with Gasteiger partial charge in [-0.3, -0.25) is 9.48 Å². The first-order chi connectivity index (χ1) is 13.9. The average Bonchev–Trinajstić information content (AvgIpc) is 3.15. The molecule has 0 spiro atoms. The molecule has 0 bridgehead atoms. The molecule has 0 fully saturated rings. The van der Waals surface area contributed by atoms with Crippen LogP contribution in [0.1, 0.15) is 39.5 Å². The van der Waals surface area contributed by atoms with Crippen LogP contribution in [0.5, 0.6) is 0 Å². The Kier molecular flexibility index (Phi) is 6.39. The molecule has 1 atom stereocenters. The summed E-state index contributed by atoms with van der Waals surface area (Å²) in [6.45, 7) is 6.04. The maximum absolute atomic E-state index is 12.6. The van der Waals surface area contributed by atoms with Gasteiger partial charge in [0.25, 0.3) is 0 Å². The summed E-state index contributed by atoms with van der Waals surface area (Å²) in [7, 11) is 0. The third-order valence-electron chi connectivity index (χ3n) is 4.57. The summed E-state index contributed by atoms with van der Waals surface area (Å²) in [6, 6.07) is 15.7. The van der Waals surface area contributed by atoms with Gasteiger partial charge < -0.3 is 4.74 Å². The van der Waals surface area contributed by atoms with Crippen molar-refractivity contribution in [1.29, 1.82) is 0 Å². The van der Waals surface area contributed by atoms with Gasteiger partial charge in [-0.1, -0.05) is 48.0 Å². The predicted molar refractivity (Wildman–Crippen MR) is 113 cm³/mol. The molecule has 3 aromatic rings. The molecule has 2 aromatic carbocycles. The van der Waals surface area contributed by atoms with Crippen molar-refractivity contribution < 1.29 is 14.3 Å². The number of rotatable bonds is 7. The normalized spacial score (nSPS) is 12.1. The Morgan fingerprint density at radius 1 is 1.14 bits per heavy atom. The summed E-state index contributed by atoms with van der Waals surface area (Å²) >= 11 is 0. The standard InChI is InChI=1S/C24H24N2O3/c1-17-9-10-18(2)22(13-17)24(28)19(3)29-23(27)12-11-21-14-25-26(16-21)15-20-7-5-4-6-8-20/h4-14,16,19H,15H2,1-3H3/b12-11+/t19-/m1/s1. The molecule has 5 nitrogen and oxygen atoms in total. The number of carbonyl (C=O) groups is 2. The lowest BCUT2D eigenvalue weighted by Crippen LogP contribution is -2.24. The topological polar surface area (TPSA) is 61.2 Å². The molecule has 0 aliphatic carbocycles. The SMILES string of the molecule is Cc1ccc(C)c(C(=O)[C@@H](C)OC(=O)/C=C/c2cnn(Cc3ccccc3)c2)c1. The molecule has 148 valence electrons. The van der Waals surface area contributed by atoms with Crippen LogP contribution >= 0.6 is 0 Å². The van der Waals surface area contributed by atoms with Crippen molar-refractivity contribution in [2.75, 3.05) is 0 Å². The van der Waals surface area contributed by atoms with E-state index in [0.717, 1.165) is 22.3 Å². The van der Waals surface area contributed by atoms with Crippen LogP contribution in [0, 0.1) is 13.8 Å². The smallest absolute Gasteiger partial charge is 0.331 e. The van der Waals surface area contributed by atoms with Gasteiger partial charge in [-0.25, -0.2) is 4.79 Å². The third-order valence-corrected chi connectivity index (χ3v) is 4.57. The van der Waals surface area contributed by atoms with Gasteiger partial charge in [-0.2, -0.15) is 5.10 Å². The molecule has 0 aliphatic heterocycles. The highest BCUT2D eigenvalue weighted by molar-refractivity contribution is 6.02. The van der Waals surface area contributed by atoms with Crippen LogP contribution in [0.3, 0.4) is 0 Å². The van der Waals surface area contributed by atoms with Crippen LogP contribution < -0.4 is 0 Å². The van der Waals surface area contributed by atoms with Crippen molar-refractivity contribution in [2.24, 2.45) is 0 Å². The maximum Gasteiger partial charge on any atom is 0.331 e. The molecule has 1 heterocycles. The summed E-state index contributed by atoms with van der Waals surface area (Å²) in [5.41, 5.74) is 4.36. The molecule has 0 unspecified atom stereocenters. The molecular formula is C24H24N2O3. The van der Waals surface area contributed by atoms with Gasteiger partial charge in [0.2, 0.25) is 5.78 Å². The number of aryl methyl sites for hydroxylation is 2. The maximum atomic E-state index is 12.6. The third kappa shape index (κ3) is 5.51. The van der Waals surface area contributed by atoms with Crippen LogP contribution in [0.15, 0.2) is 67.0 Å². The van der Waals surface area contributed by atoms with E-state index in [2.05, 4.69) is 5.10 Å². The van der Waals surface area contributed by atoms with Crippen molar-refractivity contribution in [3.05, 3.63) is 94.8 Å². The first-order valence-corrected chi connectivity index (χ1v) is 9.49. The van der Waals surface area contributed by atoms with E-state index in [1.165, 1.54) is 6.08 Å². The van der Waals surface area contributed by atoms with Crippen LogP contribution in [0.4, 0.5) is 0 Å². The van der Waals surface area contributed by atoms with Crippen molar-refractivity contribution >= 4 is 17.8 Å². The van der Waals surface area contributed by atoms with Crippen molar-refractivity contribution in [3.63, 3.8) is 0 Å². The molecule has 5 heteroatoms. The molecule has 0 aliphatic rings. The number of ketones is 1. The van der Waals surface area contributed by atoms with E-state index >= 15 is 0 Å². The Hall–Kier alpha value is -3.47. The monoisotopic (exact) mass is 388 g/mol. The van der Waals surface area contributed by atoms with Gasteiger partial charge in [0, 0.05) is 23.4 Å². The quantitative estimate of drug-likeness (QED) is 0.342. The van der Waals surface area contributed by atoms with Gasteiger partial charge in [0.1, 0.15) is 0 Å². The van der Waals surface area contributed by atoms with Gasteiger partial charge in [-0.15, -0.1) is 0 Å². The first kappa shape index (κ1) is 20.3. The van der Waals surface area contributed by atoms with E-state index in [-0.39, 0.29) is 5.78 Å². The summed E-state index contributed by atoms with van der Waals surface area (Å²) in [6.07, 6.45) is 5.62. The highest BCUT2D eigenvalue weighted by atomic mass is 16.5. The zero-order valence-corrected chi connectivity index (χ0v) is 16.8. The molecule has 0 amide bonds. The number of carbonyl (C=O) groups excluding carboxylic acids is 2. The lowest BCUT2D eigenvalue weighted by molar-refractivity contribution is -0.140. The van der Waals surface area contributed by atoms with Crippen molar-refractivity contribution in [2.45, 2.75) is 33.4 Å². The fraction of sp³-hybridized carbons (Fsp3) is 0.208. The van der Waals surface area contributed by atoms with E-state index in [1.807, 2.05) is 68.6 Å². The van der Waals surface area contributed by atoms with E-state index in [0.29, 0.717) is 12.1 Å². The molecule has 0 saturated heterocycles. The van der Waals surface area contributed by atoms with Gasteiger partial charge in [0.15, 0.2) is 6.10 Å². The molecular weight excluding hydrogens is 364 g/mol. The number of esters is 1. The minimum absolute atomic E-state index is 0.205. The second-order valence-corrected chi connectivity index (χ2v) is 7.05. The molecule has 0 saturated carbocycles. The molecule has 3 rings (SSSR count). The van der Waals surface area contributed by atoms with E-state index in [4.69, 9.17) is 4.74 Å². The number of benzene rings is 2. The minimum atomic E-state index is -0.853. The van der Waals surface area contributed by atoms with Crippen molar-refractivity contribution in [3.8, 4) is 0 Å². The largest absolute Gasteiger partial charge is 0.451 e. The molecule has 0 N–H and O–H groups in total. The Morgan fingerprint density at radius 2 is 1.90 bits per heavy atom. The lowest BCUT2D eigenvalue weighted by Gasteiger charge is -2.13. The Bertz CT molecular complexity index is 1040. The first-order valence-electron chi connectivity index (χ1n) is 9.49. The summed E-state index contributed by atoms with van der Waals surface area (Å²) in [4.78, 5) is 24.7. The number of Topliss-reactive ketones (excluding diaryl/α,β-unsaturated/α-hetero) is 1. The number of aromatic nitrogens is 2. The number of hydrogen-bond acceptors (Lipinski definition) is 4. The van der Waals surface area contributed by atoms with Crippen molar-refractivity contribution in [1.82, 2.24) is 9.78 Å². The van der Waals surface area contributed by atoms with Crippen LogP contribution in [-0.4, -0.2) is 27.6 Å². The second-order valence-electron chi connectivity index (χ2n) is 7.05. The van der Waals surface area contributed by atoms with E-state index < -0.39 is 12.1 Å². The summed E-state index contributed by atoms with van der Waals surface area (Å²) in [5.74, 6) is -0.768. The molecule has 0 radical (unpaired) electrons. The van der Waals surface area contributed by atoms with Gasteiger partial charge >= 0.3 is 5.97 Å². The van der Waals surface area contributed by atoms with E-state index in [1.54, 1.807) is 23.9 Å². The van der Waals surface area contributed by atoms with E-state index in [9.17, 15) is 9.59 Å². The fourth-order valence-electron chi connectivity index (χ4n) is 2.97.